The van der Waals surface area contributed by atoms with Gasteiger partial charge in [0.15, 0.2) is 5.78 Å². The van der Waals surface area contributed by atoms with Gasteiger partial charge in [0, 0.05) is 11.3 Å². The van der Waals surface area contributed by atoms with Gasteiger partial charge in [0.1, 0.15) is 22.1 Å². The smallest absolute Gasteiger partial charge is 0.198 e. The Morgan fingerprint density at radius 2 is 1.75 bits per heavy atom. The number of nitrogens with zero attached hydrogens (tertiary/aromatic N) is 1. The molecular weight excluding hydrogens is 374 g/mol. The number of ether oxygens (including phenoxy) is 1. The van der Waals surface area contributed by atoms with Crippen LogP contribution in [0.2, 0.25) is 5.15 Å². The number of benzene rings is 1. The summed E-state index contributed by atoms with van der Waals surface area (Å²) in [5.74, 6) is -0.277. The summed E-state index contributed by atoms with van der Waals surface area (Å²) in [7, 11) is 0. The zero-order valence-electron chi connectivity index (χ0n) is 17.2. The molecule has 3 rings (SSSR count). The lowest BCUT2D eigenvalue weighted by Crippen LogP contribution is -2.49. The molecule has 5 heteroatoms. The average molecular weight is 400 g/mol. The number of hydrogen-bond acceptors (Lipinski definition) is 4. The third-order valence-electron chi connectivity index (χ3n) is 5.15. The lowest BCUT2D eigenvalue weighted by Gasteiger charge is -2.40. The molecule has 148 valence electrons. The highest BCUT2D eigenvalue weighted by atomic mass is 35.5. The van der Waals surface area contributed by atoms with E-state index in [1.54, 1.807) is 27.7 Å². The molecule has 28 heavy (non-hydrogen) atoms. The largest absolute Gasteiger partial charge is 0.508 e. The fourth-order valence-electron chi connectivity index (χ4n) is 3.72. The van der Waals surface area contributed by atoms with Crippen LogP contribution in [0.3, 0.4) is 0 Å². The van der Waals surface area contributed by atoms with Crippen molar-refractivity contribution in [3.8, 4) is 11.1 Å². The molecule has 0 spiro atoms. The molecule has 0 saturated carbocycles. The summed E-state index contributed by atoms with van der Waals surface area (Å²) >= 11 is 6.36. The van der Waals surface area contributed by atoms with Crippen molar-refractivity contribution in [3.63, 3.8) is 0 Å². The highest BCUT2D eigenvalue weighted by molar-refractivity contribution is 6.32. The first-order valence-electron chi connectivity index (χ1n) is 9.43. The normalized spacial score (nSPS) is 18.5. The highest BCUT2D eigenvalue weighted by Gasteiger charge is 2.47. The third kappa shape index (κ3) is 3.47. The molecule has 0 bridgehead atoms. The molecule has 0 amide bonds. The zero-order valence-corrected chi connectivity index (χ0v) is 17.9. The quantitative estimate of drug-likeness (QED) is 0.672. The Labute approximate surface area is 171 Å². The summed E-state index contributed by atoms with van der Waals surface area (Å²) in [6.45, 7) is 10.9. The van der Waals surface area contributed by atoms with E-state index in [0.717, 1.165) is 28.8 Å². The van der Waals surface area contributed by atoms with Crippen molar-refractivity contribution < 1.29 is 14.6 Å². The number of aliphatic hydroxyl groups excluding tert-OH is 1. The standard InChI is InChI=1S/C23H26ClNO3/c1-7-14-9-10-15(16-11-8-13(2)25-21(16)24)12-17(14)18-19(26)22(3,4)28-23(5,6)20(18)27/h8-12,26H,7H2,1-6H3. The van der Waals surface area contributed by atoms with Gasteiger partial charge in [-0.15, -0.1) is 0 Å². The van der Waals surface area contributed by atoms with Gasteiger partial charge in [0.2, 0.25) is 0 Å². The summed E-state index contributed by atoms with van der Waals surface area (Å²) in [4.78, 5) is 17.5. The van der Waals surface area contributed by atoms with Crippen molar-refractivity contribution in [1.29, 1.82) is 0 Å². The van der Waals surface area contributed by atoms with Crippen LogP contribution in [0.15, 0.2) is 36.1 Å². The summed E-state index contributed by atoms with van der Waals surface area (Å²) in [6, 6.07) is 9.68. The van der Waals surface area contributed by atoms with Gasteiger partial charge in [0.25, 0.3) is 0 Å². The average Bonchev–Trinajstić information content (AvgIpc) is 2.60. The monoisotopic (exact) mass is 399 g/mol. The van der Waals surface area contributed by atoms with Crippen LogP contribution in [0.1, 0.15) is 51.4 Å². The number of Topliss-reactive ketones (excluding diaryl/α,β-unsaturated/α-hetero) is 1. The van der Waals surface area contributed by atoms with Gasteiger partial charge in [-0.05, 0) is 75.9 Å². The number of aliphatic hydroxyl groups is 1. The van der Waals surface area contributed by atoms with Gasteiger partial charge >= 0.3 is 0 Å². The number of carbonyl (C=O) groups excluding carboxylic acids is 1. The van der Waals surface area contributed by atoms with Crippen LogP contribution in [0.5, 0.6) is 0 Å². The summed E-state index contributed by atoms with van der Waals surface area (Å²) in [5.41, 5.74) is 2.48. The minimum atomic E-state index is -1.03. The topological polar surface area (TPSA) is 59.4 Å². The van der Waals surface area contributed by atoms with Crippen molar-refractivity contribution in [1.82, 2.24) is 4.98 Å². The highest BCUT2D eigenvalue weighted by Crippen LogP contribution is 2.42. The number of carbonyl (C=O) groups is 1. The van der Waals surface area contributed by atoms with Gasteiger partial charge in [-0.2, -0.15) is 0 Å². The molecule has 1 aliphatic heterocycles. The molecule has 0 radical (unpaired) electrons. The number of pyridine rings is 1. The molecule has 0 atom stereocenters. The second-order valence-electron chi connectivity index (χ2n) is 8.19. The van der Waals surface area contributed by atoms with Crippen molar-refractivity contribution in [3.05, 3.63) is 58.1 Å². The number of aryl methyl sites for hydroxylation is 2. The molecule has 1 aromatic heterocycles. The molecule has 1 aliphatic rings. The van der Waals surface area contributed by atoms with Crippen LogP contribution < -0.4 is 0 Å². The molecule has 2 aromatic rings. The van der Waals surface area contributed by atoms with E-state index >= 15 is 0 Å². The van der Waals surface area contributed by atoms with E-state index in [1.165, 1.54) is 0 Å². The predicted octanol–water partition coefficient (Wildman–Crippen LogP) is 5.70. The molecule has 0 aliphatic carbocycles. The second-order valence-corrected chi connectivity index (χ2v) is 8.55. The number of rotatable bonds is 3. The molecule has 1 aromatic carbocycles. The van der Waals surface area contributed by atoms with Crippen LogP contribution in [-0.4, -0.2) is 27.1 Å². The minimum Gasteiger partial charge on any atom is -0.508 e. The first kappa shape index (κ1) is 20.6. The minimum absolute atomic E-state index is 0.0446. The van der Waals surface area contributed by atoms with E-state index in [0.29, 0.717) is 16.3 Å². The first-order valence-corrected chi connectivity index (χ1v) is 9.81. The Balaban J connectivity index is 2.27. The number of hydrogen-bond donors (Lipinski definition) is 1. The summed E-state index contributed by atoms with van der Waals surface area (Å²) in [6.07, 6.45) is 0.723. The SMILES string of the molecule is CCc1ccc(-c2ccc(C)nc2Cl)cc1C1=C(O)C(C)(C)OC(C)(C)C1=O. The van der Waals surface area contributed by atoms with Gasteiger partial charge < -0.3 is 9.84 Å². The molecular formula is C23H26ClNO3. The molecule has 0 unspecified atom stereocenters. The van der Waals surface area contributed by atoms with Crippen LogP contribution in [0.4, 0.5) is 0 Å². The van der Waals surface area contributed by atoms with Crippen molar-refractivity contribution >= 4 is 23.0 Å². The van der Waals surface area contributed by atoms with Gasteiger partial charge in [0.05, 0.1) is 5.57 Å². The molecule has 1 N–H and O–H groups in total. The lowest BCUT2D eigenvalue weighted by atomic mass is 9.80. The fraction of sp³-hybridized carbons (Fsp3) is 0.391. The third-order valence-corrected chi connectivity index (χ3v) is 5.44. The van der Waals surface area contributed by atoms with Crippen LogP contribution in [0, 0.1) is 6.92 Å². The number of ketones is 1. The summed E-state index contributed by atoms with van der Waals surface area (Å²) in [5, 5.41) is 11.3. The predicted molar refractivity (Wildman–Crippen MR) is 113 cm³/mol. The first-order chi connectivity index (χ1) is 13.0. The Kier molecular flexibility index (Phi) is 5.15. The van der Waals surface area contributed by atoms with E-state index in [9.17, 15) is 9.90 Å². The van der Waals surface area contributed by atoms with E-state index in [1.807, 2.05) is 44.2 Å². The lowest BCUT2D eigenvalue weighted by molar-refractivity contribution is -0.158. The Hall–Kier alpha value is -2.17. The van der Waals surface area contributed by atoms with Crippen molar-refractivity contribution in [2.75, 3.05) is 0 Å². The Morgan fingerprint density at radius 1 is 1.07 bits per heavy atom. The molecule has 0 saturated heterocycles. The van der Waals surface area contributed by atoms with Gasteiger partial charge in [-0.3, -0.25) is 4.79 Å². The summed E-state index contributed by atoms with van der Waals surface area (Å²) < 4.78 is 5.87. The fourth-order valence-corrected chi connectivity index (χ4v) is 4.02. The number of halogens is 1. The van der Waals surface area contributed by atoms with E-state index in [2.05, 4.69) is 4.98 Å². The van der Waals surface area contributed by atoms with Crippen LogP contribution in [0.25, 0.3) is 16.7 Å². The molecule has 0 fully saturated rings. The van der Waals surface area contributed by atoms with Gasteiger partial charge in [-0.1, -0.05) is 30.7 Å². The van der Waals surface area contributed by atoms with Crippen LogP contribution >= 0.6 is 11.6 Å². The van der Waals surface area contributed by atoms with Crippen molar-refractivity contribution in [2.24, 2.45) is 0 Å². The number of aromatic nitrogens is 1. The maximum absolute atomic E-state index is 13.2. The van der Waals surface area contributed by atoms with E-state index in [-0.39, 0.29) is 11.5 Å². The Morgan fingerprint density at radius 3 is 2.36 bits per heavy atom. The van der Waals surface area contributed by atoms with E-state index in [4.69, 9.17) is 16.3 Å². The van der Waals surface area contributed by atoms with Gasteiger partial charge in [-0.25, -0.2) is 4.98 Å². The molecule has 4 nitrogen and oxygen atoms in total. The maximum Gasteiger partial charge on any atom is 0.198 e. The second kappa shape index (κ2) is 7.02. The van der Waals surface area contributed by atoms with Crippen LogP contribution in [-0.2, 0) is 16.0 Å². The Bertz CT molecular complexity index is 989. The van der Waals surface area contributed by atoms with Crippen molar-refractivity contribution in [2.45, 2.75) is 59.2 Å². The molecule has 2 heterocycles. The zero-order chi connectivity index (χ0) is 20.9. The maximum atomic E-state index is 13.2. The van der Waals surface area contributed by atoms with E-state index < -0.39 is 11.2 Å².